The first kappa shape index (κ1) is 21.7. The van der Waals surface area contributed by atoms with Crippen LogP contribution in [-0.4, -0.2) is 24.5 Å². The minimum absolute atomic E-state index is 0.130. The number of ether oxygens (including phenoxy) is 1. The number of nitro benzene ring substituents is 1. The number of methoxy groups -OCH3 is 1. The van der Waals surface area contributed by atoms with Gasteiger partial charge in [-0.15, -0.1) is 0 Å². The fourth-order valence-electron chi connectivity index (χ4n) is 3.11. The molecule has 0 aliphatic carbocycles. The molecule has 0 spiro atoms. The van der Waals surface area contributed by atoms with E-state index < -0.39 is 16.6 Å². The lowest BCUT2D eigenvalue weighted by molar-refractivity contribution is -0.385. The van der Waals surface area contributed by atoms with Crippen LogP contribution in [0.3, 0.4) is 0 Å². The first-order valence-electron chi connectivity index (χ1n) is 9.52. The maximum atomic E-state index is 13.4. The topological polar surface area (TPSA) is 72.7 Å². The van der Waals surface area contributed by atoms with Crippen molar-refractivity contribution in [1.29, 1.82) is 0 Å². The summed E-state index contributed by atoms with van der Waals surface area (Å²) in [4.78, 5) is 25.4. The highest BCUT2D eigenvalue weighted by molar-refractivity contribution is 6.06. The van der Waals surface area contributed by atoms with Gasteiger partial charge in [0.05, 0.1) is 12.0 Å². The molecule has 0 radical (unpaired) electrons. The molecule has 0 aromatic heterocycles. The maximum absolute atomic E-state index is 13.4. The molecule has 0 unspecified atom stereocenters. The second kappa shape index (κ2) is 9.67. The van der Waals surface area contributed by atoms with Crippen molar-refractivity contribution in [2.24, 2.45) is 0 Å². The Labute approximate surface area is 179 Å². The maximum Gasteiger partial charge on any atom is 0.273 e. The molecule has 0 saturated carbocycles. The molecule has 0 heterocycles. The number of rotatable bonds is 7. The number of para-hydroxylation sites is 1. The molecule has 0 fully saturated rings. The fraction of sp³-hybridized carbons (Fsp3) is 0.125. The van der Waals surface area contributed by atoms with E-state index >= 15 is 0 Å². The summed E-state index contributed by atoms with van der Waals surface area (Å²) in [5.41, 5.74) is 1.81. The average molecular weight is 420 g/mol. The number of hydrogen-bond donors (Lipinski definition) is 0. The van der Waals surface area contributed by atoms with Gasteiger partial charge in [-0.3, -0.25) is 14.9 Å². The zero-order chi connectivity index (χ0) is 22.4. The molecule has 3 rings (SSSR count). The molecule has 158 valence electrons. The number of carbonyl (C=O) groups is 1. The van der Waals surface area contributed by atoms with E-state index in [0.29, 0.717) is 17.0 Å². The number of halogens is 1. The van der Waals surface area contributed by atoms with Crippen LogP contribution in [0.25, 0.3) is 6.08 Å². The second-order valence-corrected chi connectivity index (χ2v) is 6.79. The van der Waals surface area contributed by atoms with Gasteiger partial charge >= 0.3 is 0 Å². The van der Waals surface area contributed by atoms with Gasteiger partial charge in [-0.05, 0) is 43.3 Å². The summed E-state index contributed by atoms with van der Waals surface area (Å²) in [6.07, 6.45) is 3.60. The molecule has 0 N–H and O–H groups in total. The Kier molecular flexibility index (Phi) is 6.77. The average Bonchev–Trinajstić information content (AvgIpc) is 2.77. The van der Waals surface area contributed by atoms with Gasteiger partial charge in [0.15, 0.2) is 0 Å². The summed E-state index contributed by atoms with van der Waals surface area (Å²) in [5.74, 6) is -0.168. The number of anilines is 1. The Morgan fingerprint density at radius 1 is 1.13 bits per heavy atom. The van der Waals surface area contributed by atoms with E-state index in [1.54, 1.807) is 32.2 Å². The predicted molar refractivity (Wildman–Crippen MR) is 118 cm³/mol. The largest absolute Gasteiger partial charge is 0.496 e. The lowest BCUT2D eigenvalue weighted by Gasteiger charge is -2.21. The molecular formula is C24H21FN2O4. The van der Waals surface area contributed by atoms with Crippen molar-refractivity contribution < 1.29 is 18.8 Å². The molecule has 31 heavy (non-hydrogen) atoms. The van der Waals surface area contributed by atoms with Gasteiger partial charge in [-0.2, -0.15) is 0 Å². The molecule has 3 aromatic carbocycles. The van der Waals surface area contributed by atoms with Gasteiger partial charge in [0.2, 0.25) is 0 Å². The monoisotopic (exact) mass is 420 g/mol. The van der Waals surface area contributed by atoms with Crippen LogP contribution < -0.4 is 9.64 Å². The molecule has 0 aliphatic rings. The normalized spacial score (nSPS) is 10.8. The molecule has 3 aromatic rings. The Bertz CT molecular complexity index is 1130. The molecule has 0 bridgehead atoms. The minimum Gasteiger partial charge on any atom is -0.496 e. The first-order valence-corrected chi connectivity index (χ1v) is 9.52. The van der Waals surface area contributed by atoms with Crippen molar-refractivity contribution in [3.63, 3.8) is 0 Å². The highest BCUT2D eigenvalue weighted by Gasteiger charge is 2.20. The molecular weight excluding hydrogens is 399 g/mol. The van der Waals surface area contributed by atoms with Gasteiger partial charge in [0, 0.05) is 35.0 Å². The van der Waals surface area contributed by atoms with Gasteiger partial charge in [0.25, 0.3) is 11.6 Å². The molecule has 0 aliphatic heterocycles. The van der Waals surface area contributed by atoms with E-state index in [-0.39, 0.29) is 17.8 Å². The van der Waals surface area contributed by atoms with Gasteiger partial charge < -0.3 is 9.64 Å². The van der Waals surface area contributed by atoms with Crippen LogP contribution in [0, 0.1) is 22.9 Å². The molecule has 0 atom stereocenters. The standard InChI is InChI=1S/C24H21FN2O4/c1-17-9-10-19(16-22(17)27(29)30)24(28)26(21-13-11-20(25)12-14-21)15-5-7-18-6-3-4-8-23(18)31-2/h3-14,16H,15H2,1-2H3/b7-5+. The van der Waals surface area contributed by atoms with E-state index in [0.717, 1.165) is 5.56 Å². The smallest absolute Gasteiger partial charge is 0.273 e. The summed E-state index contributed by atoms with van der Waals surface area (Å²) in [5, 5.41) is 11.3. The zero-order valence-corrected chi connectivity index (χ0v) is 17.1. The summed E-state index contributed by atoms with van der Waals surface area (Å²) in [7, 11) is 1.57. The molecule has 0 saturated heterocycles. The van der Waals surface area contributed by atoms with Crippen LogP contribution in [0.2, 0.25) is 0 Å². The van der Waals surface area contributed by atoms with E-state index in [1.165, 1.54) is 35.2 Å². The highest BCUT2D eigenvalue weighted by Crippen LogP contribution is 2.24. The lowest BCUT2D eigenvalue weighted by atomic mass is 10.1. The third kappa shape index (κ3) is 5.14. The number of nitro groups is 1. The third-order valence-electron chi connectivity index (χ3n) is 4.76. The molecule has 1 amide bonds. The number of nitrogens with zero attached hydrogens (tertiary/aromatic N) is 2. The third-order valence-corrected chi connectivity index (χ3v) is 4.76. The van der Waals surface area contributed by atoms with Crippen LogP contribution >= 0.6 is 0 Å². The van der Waals surface area contributed by atoms with Gasteiger partial charge in [-0.25, -0.2) is 4.39 Å². The molecule has 6 nitrogen and oxygen atoms in total. The summed E-state index contributed by atoms with van der Waals surface area (Å²) in [6.45, 7) is 1.78. The number of hydrogen-bond acceptors (Lipinski definition) is 4. The Morgan fingerprint density at radius 3 is 2.52 bits per heavy atom. The van der Waals surface area contributed by atoms with E-state index in [9.17, 15) is 19.3 Å². The Morgan fingerprint density at radius 2 is 1.84 bits per heavy atom. The second-order valence-electron chi connectivity index (χ2n) is 6.79. The Balaban J connectivity index is 1.94. The van der Waals surface area contributed by atoms with Crippen LogP contribution in [-0.2, 0) is 0 Å². The number of carbonyl (C=O) groups excluding carboxylic acids is 1. The zero-order valence-electron chi connectivity index (χ0n) is 17.1. The predicted octanol–water partition coefficient (Wildman–Crippen LogP) is 5.41. The van der Waals surface area contributed by atoms with E-state index in [2.05, 4.69) is 0 Å². The van der Waals surface area contributed by atoms with Crippen LogP contribution in [0.15, 0.2) is 72.8 Å². The summed E-state index contributed by atoms with van der Waals surface area (Å²) < 4.78 is 18.7. The van der Waals surface area contributed by atoms with E-state index in [4.69, 9.17) is 4.74 Å². The van der Waals surface area contributed by atoms with Gasteiger partial charge in [0.1, 0.15) is 11.6 Å². The lowest BCUT2D eigenvalue weighted by Crippen LogP contribution is -2.31. The van der Waals surface area contributed by atoms with E-state index in [1.807, 2.05) is 30.3 Å². The van der Waals surface area contributed by atoms with Crippen molar-refractivity contribution in [2.75, 3.05) is 18.6 Å². The van der Waals surface area contributed by atoms with Crippen LogP contribution in [0.1, 0.15) is 21.5 Å². The van der Waals surface area contributed by atoms with Gasteiger partial charge in [-0.1, -0.05) is 36.4 Å². The first-order chi connectivity index (χ1) is 14.9. The van der Waals surface area contributed by atoms with Crippen molar-refractivity contribution in [1.82, 2.24) is 0 Å². The van der Waals surface area contributed by atoms with Crippen LogP contribution in [0.5, 0.6) is 5.75 Å². The minimum atomic E-state index is -0.518. The fourth-order valence-corrected chi connectivity index (χ4v) is 3.11. The van der Waals surface area contributed by atoms with Crippen molar-refractivity contribution in [3.8, 4) is 5.75 Å². The SMILES string of the molecule is COc1ccccc1/C=C/CN(C(=O)c1ccc(C)c([N+](=O)[O-])c1)c1ccc(F)cc1. The Hall–Kier alpha value is -4.00. The number of amides is 1. The highest BCUT2D eigenvalue weighted by atomic mass is 19.1. The van der Waals surface area contributed by atoms with Crippen molar-refractivity contribution >= 4 is 23.4 Å². The quantitative estimate of drug-likeness (QED) is 0.378. The van der Waals surface area contributed by atoms with Crippen LogP contribution in [0.4, 0.5) is 15.8 Å². The summed E-state index contributed by atoms with van der Waals surface area (Å²) >= 11 is 0. The van der Waals surface area contributed by atoms with Crippen molar-refractivity contribution in [2.45, 2.75) is 6.92 Å². The van der Waals surface area contributed by atoms with Crippen molar-refractivity contribution in [3.05, 3.63) is 105 Å². The molecule has 7 heteroatoms. The number of aryl methyl sites for hydroxylation is 1. The summed E-state index contributed by atoms with van der Waals surface area (Å²) in [6, 6.07) is 17.3. The number of benzene rings is 3.